The molecule has 0 amide bonds. The van der Waals surface area contributed by atoms with Gasteiger partial charge in [-0.25, -0.2) is 0 Å². The maximum absolute atomic E-state index is 11.4. The van der Waals surface area contributed by atoms with Crippen LogP contribution in [0, 0.1) is 0 Å². The molecule has 0 bridgehead atoms. The van der Waals surface area contributed by atoms with Crippen LogP contribution >= 0.6 is 21.6 Å². The minimum Gasteiger partial charge on any atom is -0.452 e. The van der Waals surface area contributed by atoms with E-state index in [4.69, 9.17) is 4.74 Å². The second-order valence-electron chi connectivity index (χ2n) is 3.00. The molecule has 0 rings (SSSR count). The summed E-state index contributed by atoms with van der Waals surface area (Å²) < 4.78 is 5.08. The number of ketones is 1. The number of hydrogen-bond acceptors (Lipinski definition) is 6. The zero-order valence-corrected chi connectivity index (χ0v) is 11.0. The molecule has 0 radical (unpaired) electrons. The van der Waals surface area contributed by atoms with Crippen LogP contribution in [-0.2, 0) is 14.3 Å². The predicted molar refractivity (Wildman–Crippen MR) is 65.1 cm³/mol. The van der Waals surface area contributed by atoms with E-state index in [9.17, 15) is 9.59 Å². The Morgan fingerprint density at radius 2 is 2.07 bits per heavy atom. The van der Waals surface area contributed by atoms with Crippen molar-refractivity contribution in [2.24, 2.45) is 0 Å². The van der Waals surface area contributed by atoms with Gasteiger partial charge in [0, 0.05) is 5.75 Å². The van der Waals surface area contributed by atoms with Crippen molar-refractivity contribution in [2.45, 2.75) is 26.0 Å². The van der Waals surface area contributed by atoms with Gasteiger partial charge in [-0.05, 0) is 27.2 Å². The first-order chi connectivity index (χ1) is 7.02. The Morgan fingerprint density at radius 1 is 1.47 bits per heavy atom. The first-order valence-electron chi connectivity index (χ1n) is 4.56. The van der Waals surface area contributed by atoms with E-state index in [0.29, 0.717) is 5.75 Å². The second kappa shape index (κ2) is 8.01. The average molecular weight is 251 g/mol. The Balaban J connectivity index is 4.16. The van der Waals surface area contributed by atoms with E-state index in [-0.39, 0.29) is 17.8 Å². The number of carbonyl (C=O) groups is 2. The second-order valence-corrected chi connectivity index (χ2v) is 5.61. The normalized spacial score (nSPS) is 14.4. The standard InChI is InChI=1S/C9H17NO3S2/c1-6(10-3)9(12)13-8(7(2)11)5-15-14-4/h6,8,10H,5H2,1-4H3. The number of rotatable bonds is 7. The Morgan fingerprint density at radius 3 is 2.47 bits per heavy atom. The highest BCUT2D eigenvalue weighted by atomic mass is 33.1. The number of likely N-dealkylation sites (N-methyl/N-ethyl adjacent to an activating group) is 1. The lowest BCUT2D eigenvalue weighted by Crippen LogP contribution is -2.37. The lowest BCUT2D eigenvalue weighted by atomic mass is 10.3. The summed E-state index contributed by atoms with van der Waals surface area (Å²) in [6.45, 7) is 3.13. The summed E-state index contributed by atoms with van der Waals surface area (Å²) in [5.74, 6) is -0.00816. The quantitative estimate of drug-likeness (QED) is 0.540. The van der Waals surface area contributed by atoms with Crippen molar-refractivity contribution in [3.8, 4) is 0 Å². The van der Waals surface area contributed by atoms with Crippen LogP contribution < -0.4 is 5.32 Å². The lowest BCUT2D eigenvalue weighted by molar-refractivity contribution is -0.154. The molecule has 88 valence electrons. The van der Waals surface area contributed by atoms with Crippen molar-refractivity contribution in [3.05, 3.63) is 0 Å². The molecule has 0 fully saturated rings. The van der Waals surface area contributed by atoms with Crippen LogP contribution in [-0.4, -0.2) is 43.0 Å². The molecule has 1 N–H and O–H groups in total. The third kappa shape index (κ3) is 6.06. The minimum absolute atomic E-state index is 0.117. The van der Waals surface area contributed by atoms with Crippen LogP contribution in [0.3, 0.4) is 0 Å². The molecule has 0 aliphatic carbocycles. The Kier molecular flexibility index (Phi) is 7.90. The van der Waals surface area contributed by atoms with Crippen molar-refractivity contribution < 1.29 is 14.3 Å². The van der Waals surface area contributed by atoms with Gasteiger partial charge in [-0.2, -0.15) is 0 Å². The number of nitrogens with one attached hydrogen (secondary N) is 1. The Labute approximate surface area is 98.3 Å². The van der Waals surface area contributed by atoms with Crippen LogP contribution in [0.15, 0.2) is 0 Å². The van der Waals surface area contributed by atoms with E-state index < -0.39 is 6.10 Å². The van der Waals surface area contributed by atoms with Crippen LogP contribution in [0.25, 0.3) is 0 Å². The number of carbonyl (C=O) groups excluding carboxylic acids is 2. The molecule has 0 aliphatic heterocycles. The van der Waals surface area contributed by atoms with Gasteiger partial charge in [0.05, 0.1) is 0 Å². The van der Waals surface area contributed by atoms with Gasteiger partial charge in [0.2, 0.25) is 0 Å². The van der Waals surface area contributed by atoms with Crippen LogP contribution in [0.4, 0.5) is 0 Å². The zero-order chi connectivity index (χ0) is 11.8. The van der Waals surface area contributed by atoms with E-state index in [0.717, 1.165) is 0 Å². The largest absolute Gasteiger partial charge is 0.452 e. The fraction of sp³-hybridized carbons (Fsp3) is 0.778. The summed E-state index contributed by atoms with van der Waals surface area (Å²) >= 11 is 0. The fourth-order valence-corrected chi connectivity index (χ4v) is 2.07. The van der Waals surface area contributed by atoms with Crippen LogP contribution in [0.2, 0.25) is 0 Å². The molecule has 0 aromatic rings. The number of esters is 1. The average Bonchev–Trinajstić information content (AvgIpc) is 2.22. The fourth-order valence-electron chi connectivity index (χ4n) is 0.724. The molecular weight excluding hydrogens is 234 g/mol. The Hall–Kier alpha value is -0.200. The van der Waals surface area contributed by atoms with Crippen LogP contribution in [0.1, 0.15) is 13.8 Å². The summed E-state index contributed by atoms with van der Waals surface area (Å²) in [4.78, 5) is 22.6. The molecule has 2 atom stereocenters. The molecule has 6 heteroatoms. The van der Waals surface area contributed by atoms with Crippen molar-refractivity contribution in [2.75, 3.05) is 19.1 Å². The molecule has 2 unspecified atom stereocenters. The van der Waals surface area contributed by atoms with Gasteiger partial charge in [0.25, 0.3) is 0 Å². The zero-order valence-electron chi connectivity index (χ0n) is 9.40. The van der Waals surface area contributed by atoms with E-state index in [1.54, 1.807) is 24.8 Å². The molecule has 0 heterocycles. The SMILES string of the molecule is CNC(C)C(=O)OC(CSSC)C(C)=O. The molecule has 0 spiro atoms. The monoisotopic (exact) mass is 251 g/mol. The van der Waals surface area contributed by atoms with E-state index in [1.807, 2.05) is 6.26 Å². The summed E-state index contributed by atoms with van der Waals surface area (Å²) in [6, 6.07) is -0.383. The van der Waals surface area contributed by atoms with Gasteiger partial charge >= 0.3 is 5.97 Å². The third-order valence-corrected chi connectivity index (χ3v) is 3.63. The molecule has 0 aliphatic rings. The number of Topliss-reactive ketones (excluding diaryl/α,β-unsaturated/α-hetero) is 1. The van der Waals surface area contributed by atoms with Crippen molar-refractivity contribution in [3.63, 3.8) is 0 Å². The summed E-state index contributed by atoms with van der Waals surface area (Å²) in [7, 11) is 4.72. The summed E-state index contributed by atoms with van der Waals surface area (Å²) in [6.07, 6.45) is 1.28. The van der Waals surface area contributed by atoms with Gasteiger partial charge in [-0.15, -0.1) is 0 Å². The van der Waals surface area contributed by atoms with Crippen LogP contribution in [0.5, 0.6) is 0 Å². The molecule has 0 saturated heterocycles. The van der Waals surface area contributed by atoms with E-state index >= 15 is 0 Å². The molecule has 4 nitrogen and oxygen atoms in total. The third-order valence-electron chi connectivity index (χ3n) is 1.84. The molecular formula is C9H17NO3S2. The lowest BCUT2D eigenvalue weighted by Gasteiger charge is -2.16. The summed E-state index contributed by atoms with van der Waals surface area (Å²) in [5.41, 5.74) is 0. The van der Waals surface area contributed by atoms with E-state index in [2.05, 4.69) is 5.32 Å². The predicted octanol–water partition coefficient (Wildman–Crippen LogP) is 1.11. The molecule has 0 aromatic heterocycles. The summed E-state index contributed by atoms with van der Waals surface area (Å²) in [5, 5.41) is 2.77. The molecule has 0 saturated carbocycles. The first-order valence-corrected chi connectivity index (χ1v) is 7.29. The highest BCUT2D eigenvalue weighted by molar-refractivity contribution is 8.76. The smallest absolute Gasteiger partial charge is 0.323 e. The minimum atomic E-state index is -0.634. The van der Waals surface area contributed by atoms with Gasteiger partial charge in [0.15, 0.2) is 11.9 Å². The molecule has 15 heavy (non-hydrogen) atoms. The van der Waals surface area contributed by atoms with Crippen molar-refractivity contribution >= 4 is 33.3 Å². The highest BCUT2D eigenvalue weighted by Gasteiger charge is 2.22. The van der Waals surface area contributed by atoms with E-state index in [1.165, 1.54) is 17.7 Å². The van der Waals surface area contributed by atoms with Gasteiger partial charge < -0.3 is 10.1 Å². The maximum Gasteiger partial charge on any atom is 0.323 e. The number of hydrogen-bond donors (Lipinski definition) is 1. The van der Waals surface area contributed by atoms with Gasteiger partial charge in [0.1, 0.15) is 6.04 Å². The van der Waals surface area contributed by atoms with Gasteiger partial charge in [-0.3, -0.25) is 9.59 Å². The Bertz CT molecular complexity index is 223. The highest BCUT2D eigenvalue weighted by Crippen LogP contribution is 2.19. The van der Waals surface area contributed by atoms with Gasteiger partial charge in [-0.1, -0.05) is 21.6 Å². The first kappa shape index (κ1) is 14.8. The molecule has 0 aromatic carbocycles. The topological polar surface area (TPSA) is 55.4 Å². The van der Waals surface area contributed by atoms with Crippen molar-refractivity contribution in [1.82, 2.24) is 5.32 Å². The van der Waals surface area contributed by atoms with Crippen molar-refractivity contribution in [1.29, 1.82) is 0 Å². The maximum atomic E-state index is 11.4. The number of ether oxygens (including phenoxy) is 1.